The van der Waals surface area contributed by atoms with Crippen molar-refractivity contribution in [2.24, 2.45) is 7.05 Å². The Morgan fingerprint density at radius 2 is 1.94 bits per heavy atom. The number of aryl methyl sites for hydroxylation is 1. The Labute approximate surface area is 94.0 Å². The fourth-order valence-electron chi connectivity index (χ4n) is 1.92. The van der Waals surface area contributed by atoms with Crippen LogP contribution in [-0.4, -0.2) is 23.9 Å². The predicted octanol–water partition coefficient (Wildman–Crippen LogP) is 1.69. The lowest BCUT2D eigenvalue weighted by atomic mass is 10.2. The van der Waals surface area contributed by atoms with Gasteiger partial charge in [0.2, 0.25) is 0 Å². The molecule has 2 aromatic rings. The van der Waals surface area contributed by atoms with Crippen LogP contribution in [0.5, 0.6) is 11.5 Å². The average molecular weight is 221 g/mol. The number of aliphatic hydroxyl groups excluding tert-OH is 1. The third kappa shape index (κ3) is 1.51. The zero-order chi connectivity index (χ0) is 11.7. The zero-order valence-electron chi connectivity index (χ0n) is 9.65. The summed E-state index contributed by atoms with van der Waals surface area (Å²) in [5.41, 5.74) is 1.81. The number of aliphatic hydroxyl groups is 1. The van der Waals surface area contributed by atoms with Crippen molar-refractivity contribution in [1.82, 2.24) is 4.57 Å². The first-order valence-corrected chi connectivity index (χ1v) is 5.02. The summed E-state index contributed by atoms with van der Waals surface area (Å²) in [5.74, 6) is 1.50. The maximum atomic E-state index is 9.22. The van der Waals surface area contributed by atoms with E-state index in [1.807, 2.05) is 29.8 Å². The molecule has 1 aromatic heterocycles. The van der Waals surface area contributed by atoms with Crippen LogP contribution < -0.4 is 9.47 Å². The second-order valence-corrected chi connectivity index (χ2v) is 3.62. The molecule has 0 bridgehead atoms. The molecule has 0 amide bonds. The molecule has 0 unspecified atom stereocenters. The van der Waals surface area contributed by atoms with E-state index in [0.29, 0.717) is 0 Å². The SMILES string of the molecule is COc1cc(OC)c2c(c1)cc(CO)n2C. The third-order valence-corrected chi connectivity index (χ3v) is 2.78. The lowest BCUT2D eigenvalue weighted by Crippen LogP contribution is -1.97. The summed E-state index contributed by atoms with van der Waals surface area (Å²) >= 11 is 0. The number of nitrogens with zero attached hydrogens (tertiary/aromatic N) is 1. The van der Waals surface area contributed by atoms with Gasteiger partial charge < -0.3 is 19.1 Å². The topological polar surface area (TPSA) is 43.6 Å². The average Bonchev–Trinajstić information content (AvgIpc) is 2.65. The summed E-state index contributed by atoms with van der Waals surface area (Å²) in [6, 6.07) is 5.70. The van der Waals surface area contributed by atoms with Gasteiger partial charge in [-0.15, -0.1) is 0 Å². The van der Waals surface area contributed by atoms with Crippen LogP contribution in [0, 0.1) is 0 Å². The van der Waals surface area contributed by atoms with Crippen molar-refractivity contribution in [1.29, 1.82) is 0 Å². The van der Waals surface area contributed by atoms with E-state index in [1.54, 1.807) is 14.2 Å². The fraction of sp³-hybridized carbons (Fsp3) is 0.333. The van der Waals surface area contributed by atoms with Crippen LogP contribution in [0.25, 0.3) is 10.9 Å². The quantitative estimate of drug-likeness (QED) is 0.857. The number of ether oxygens (including phenoxy) is 2. The molecule has 4 nitrogen and oxygen atoms in total. The summed E-state index contributed by atoms with van der Waals surface area (Å²) in [6.45, 7) is 0.0106. The number of fused-ring (bicyclic) bond motifs is 1. The Hall–Kier alpha value is -1.68. The van der Waals surface area contributed by atoms with Crippen LogP contribution in [-0.2, 0) is 13.7 Å². The first-order chi connectivity index (χ1) is 7.71. The molecule has 0 aliphatic heterocycles. The van der Waals surface area contributed by atoms with Gasteiger partial charge in [0.25, 0.3) is 0 Å². The van der Waals surface area contributed by atoms with Gasteiger partial charge in [0.15, 0.2) is 0 Å². The number of benzene rings is 1. The Kier molecular flexibility index (Phi) is 2.75. The summed E-state index contributed by atoms with van der Waals surface area (Å²) < 4.78 is 12.4. The zero-order valence-corrected chi connectivity index (χ0v) is 9.65. The Morgan fingerprint density at radius 3 is 2.50 bits per heavy atom. The van der Waals surface area contributed by atoms with Crippen molar-refractivity contribution in [3.8, 4) is 11.5 Å². The van der Waals surface area contributed by atoms with Crippen LogP contribution in [0.1, 0.15) is 5.69 Å². The normalized spacial score (nSPS) is 10.8. The lowest BCUT2D eigenvalue weighted by molar-refractivity contribution is 0.273. The third-order valence-electron chi connectivity index (χ3n) is 2.78. The molecule has 0 saturated carbocycles. The molecule has 86 valence electrons. The maximum absolute atomic E-state index is 9.22. The highest BCUT2D eigenvalue weighted by Crippen LogP contribution is 2.32. The van der Waals surface area contributed by atoms with Gasteiger partial charge in [0.05, 0.1) is 26.3 Å². The van der Waals surface area contributed by atoms with Crippen molar-refractivity contribution in [3.05, 3.63) is 23.9 Å². The van der Waals surface area contributed by atoms with Crippen molar-refractivity contribution in [2.75, 3.05) is 14.2 Å². The smallest absolute Gasteiger partial charge is 0.146 e. The largest absolute Gasteiger partial charge is 0.497 e. The maximum Gasteiger partial charge on any atom is 0.146 e. The van der Waals surface area contributed by atoms with E-state index in [-0.39, 0.29) is 6.61 Å². The number of hydrogen-bond donors (Lipinski definition) is 1. The summed E-state index contributed by atoms with van der Waals surface area (Å²) in [5, 5.41) is 10.2. The van der Waals surface area contributed by atoms with Gasteiger partial charge in [-0.05, 0) is 12.1 Å². The first kappa shape index (κ1) is 10.8. The molecule has 0 atom stereocenters. The summed E-state index contributed by atoms with van der Waals surface area (Å²) in [4.78, 5) is 0. The van der Waals surface area contributed by atoms with E-state index < -0.39 is 0 Å². The van der Waals surface area contributed by atoms with Gasteiger partial charge in [-0.25, -0.2) is 0 Å². The number of methoxy groups -OCH3 is 2. The molecule has 0 radical (unpaired) electrons. The van der Waals surface area contributed by atoms with Gasteiger partial charge >= 0.3 is 0 Å². The van der Waals surface area contributed by atoms with E-state index >= 15 is 0 Å². The van der Waals surface area contributed by atoms with Crippen LogP contribution in [0.4, 0.5) is 0 Å². The highest BCUT2D eigenvalue weighted by molar-refractivity contribution is 5.88. The van der Waals surface area contributed by atoms with E-state index in [2.05, 4.69) is 0 Å². The van der Waals surface area contributed by atoms with Crippen LogP contribution in [0.15, 0.2) is 18.2 Å². The van der Waals surface area contributed by atoms with E-state index in [4.69, 9.17) is 9.47 Å². The highest BCUT2D eigenvalue weighted by atomic mass is 16.5. The summed E-state index contributed by atoms with van der Waals surface area (Å²) in [7, 11) is 5.15. The molecule has 1 N–H and O–H groups in total. The molecule has 0 aliphatic carbocycles. The number of rotatable bonds is 3. The second-order valence-electron chi connectivity index (χ2n) is 3.62. The minimum Gasteiger partial charge on any atom is -0.497 e. The minimum atomic E-state index is 0.0106. The number of hydrogen-bond acceptors (Lipinski definition) is 3. The standard InChI is InChI=1S/C12H15NO3/c1-13-9(7-14)4-8-5-10(15-2)6-11(16-3)12(8)13/h4-6,14H,7H2,1-3H3. The van der Waals surface area contributed by atoms with Crippen LogP contribution in [0.3, 0.4) is 0 Å². The van der Waals surface area contributed by atoms with Gasteiger partial charge in [-0.2, -0.15) is 0 Å². The summed E-state index contributed by atoms with van der Waals surface area (Å²) in [6.07, 6.45) is 0. The van der Waals surface area contributed by atoms with Gasteiger partial charge in [0, 0.05) is 24.2 Å². The van der Waals surface area contributed by atoms with Crippen molar-refractivity contribution >= 4 is 10.9 Å². The highest BCUT2D eigenvalue weighted by Gasteiger charge is 2.11. The fourth-order valence-corrected chi connectivity index (χ4v) is 1.92. The molecule has 0 saturated heterocycles. The van der Waals surface area contributed by atoms with Crippen molar-refractivity contribution in [3.63, 3.8) is 0 Å². The molecule has 0 fully saturated rings. The number of aromatic nitrogens is 1. The first-order valence-electron chi connectivity index (χ1n) is 5.02. The molecule has 0 aliphatic rings. The van der Waals surface area contributed by atoms with E-state index in [0.717, 1.165) is 28.1 Å². The molecule has 2 rings (SSSR count). The molecular formula is C12H15NO3. The van der Waals surface area contributed by atoms with Crippen LogP contribution in [0.2, 0.25) is 0 Å². The molecule has 1 heterocycles. The van der Waals surface area contributed by atoms with E-state index in [1.165, 1.54) is 0 Å². The molecular weight excluding hydrogens is 206 g/mol. The monoisotopic (exact) mass is 221 g/mol. The van der Waals surface area contributed by atoms with Crippen molar-refractivity contribution < 1.29 is 14.6 Å². The minimum absolute atomic E-state index is 0.0106. The Morgan fingerprint density at radius 1 is 1.19 bits per heavy atom. The van der Waals surface area contributed by atoms with Gasteiger partial charge in [0.1, 0.15) is 11.5 Å². The molecule has 16 heavy (non-hydrogen) atoms. The van der Waals surface area contributed by atoms with Gasteiger partial charge in [-0.1, -0.05) is 0 Å². The van der Waals surface area contributed by atoms with Crippen molar-refractivity contribution in [2.45, 2.75) is 6.61 Å². The molecule has 4 heteroatoms. The predicted molar refractivity (Wildman–Crippen MR) is 61.9 cm³/mol. The Balaban J connectivity index is 2.76. The van der Waals surface area contributed by atoms with Gasteiger partial charge in [-0.3, -0.25) is 0 Å². The molecule has 0 spiro atoms. The second kappa shape index (κ2) is 4.06. The van der Waals surface area contributed by atoms with Crippen LogP contribution >= 0.6 is 0 Å². The van der Waals surface area contributed by atoms with E-state index in [9.17, 15) is 5.11 Å². The molecule has 1 aromatic carbocycles. The lowest BCUT2D eigenvalue weighted by Gasteiger charge is -2.08. The Bertz CT molecular complexity index is 516.